The molecule has 2 N–H and O–H groups in total. The molecule has 1 aromatic heterocycles. The summed E-state index contributed by atoms with van der Waals surface area (Å²) >= 11 is 6.33. The Kier molecular flexibility index (Phi) is 8.50. The zero-order valence-electron chi connectivity index (χ0n) is 19.3. The smallest absolute Gasteiger partial charge is 0.338 e. The van der Waals surface area contributed by atoms with Crippen molar-refractivity contribution in [1.82, 2.24) is 10.2 Å². The van der Waals surface area contributed by atoms with Crippen LogP contribution in [0, 0.1) is 6.92 Å². The van der Waals surface area contributed by atoms with Crippen molar-refractivity contribution in [1.29, 1.82) is 0 Å². The summed E-state index contributed by atoms with van der Waals surface area (Å²) < 4.78 is 21.9. The predicted octanol–water partition coefficient (Wildman–Crippen LogP) is 5.01. The molecule has 0 radical (unpaired) electrons. The number of halogens is 1. The molecule has 0 saturated carbocycles. The lowest BCUT2D eigenvalue weighted by molar-refractivity contribution is 0.0526. The number of nitrogens with one attached hydrogen (secondary N) is 2. The standard InChI is InChI=1S/C24H26ClN3O6/c1-5-32-24(30)16-6-7-21(20(25)11-16)34-19-10-17(9-18(12-19)33-15(3)13-31-4)23(29)26-22-8-14(2)27-28-22/h6-12,15H,5,13H2,1-4H3,(H2,26,27,28,29)/t15-/m0/s1. The molecule has 0 bridgehead atoms. The second-order valence-electron chi connectivity index (χ2n) is 7.43. The van der Waals surface area contributed by atoms with E-state index in [-0.39, 0.29) is 23.3 Å². The first kappa shape index (κ1) is 25.1. The minimum absolute atomic E-state index is 0.211. The lowest BCUT2D eigenvalue weighted by Gasteiger charge is -2.16. The maximum Gasteiger partial charge on any atom is 0.338 e. The summed E-state index contributed by atoms with van der Waals surface area (Å²) in [6, 6.07) is 11.1. The van der Waals surface area contributed by atoms with Crippen molar-refractivity contribution in [3.8, 4) is 17.2 Å². The van der Waals surface area contributed by atoms with Gasteiger partial charge in [0.1, 0.15) is 23.4 Å². The molecule has 0 aliphatic carbocycles. The van der Waals surface area contributed by atoms with Crippen molar-refractivity contribution in [2.75, 3.05) is 25.6 Å². The van der Waals surface area contributed by atoms with Gasteiger partial charge in [-0.05, 0) is 51.1 Å². The molecule has 3 aromatic rings. The van der Waals surface area contributed by atoms with Crippen LogP contribution in [0.15, 0.2) is 42.5 Å². The molecule has 0 spiro atoms. The molecule has 180 valence electrons. The first-order valence-electron chi connectivity index (χ1n) is 10.6. The number of rotatable bonds is 10. The van der Waals surface area contributed by atoms with Crippen molar-refractivity contribution >= 4 is 29.3 Å². The molecule has 2 aromatic carbocycles. The lowest BCUT2D eigenvalue weighted by atomic mass is 10.1. The number of anilines is 1. The minimum atomic E-state index is -0.481. The van der Waals surface area contributed by atoms with E-state index in [1.165, 1.54) is 6.07 Å². The SMILES string of the molecule is CCOC(=O)c1ccc(Oc2cc(O[C@@H](C)COC)cc(C(=O)Nc3cc(C)[nH]n3)c2)c(Cl)c1. The highest BCUT2D eigenvalue weighted by Crippen LogP contribution is 2.33. The highest BCUT2D eigenvalue weighted by Gasteiger charge is 2.16. The quantitative estimate of drug-likeness (QED) is 0.387. The number of aromatic amines is 1. The van der Waals surface area contributed by atoms with E-state index in [1.54, 1.807) is 50.4 Å². The zero-order chi connectivity index (χ0) is 24.7. The van der Waals surface area contributed by atoms with E-state index >= 15 is 0 Å². The molecular formula is C24H26ClN3O6. The summed E-state index contributed by atoms with van der Waals surface area (Å²) in [4.78, 5) is 24.8. The number of hydrogen-bond acceptors (Lipinski definition) is 7. The number of carbonyl (C=O) groups is 2. The van der Waals surface area contributed by atoms with Crippen LogP contribution in [-0.4, -0.2) is 48.5 Å². The average molecular weight is 488 g/mol. The van der Waals surface area contributed by atoms with Crippen molar-refractivity contribution in [2.45, 2.75) is 26.9 Å². The van der Waals surface area contributed by atoms with Crippen LogP contribution < -0.4 is 14.8 Å². The van der Waals surface area contributed by atoms with Gasteiger partial charge < -0.3 is 24.3 Å². The highest BCUT2D eigenvalue weighted by atomic mass is 35.5. The lowest BCUT2D eigenvalue weighted by Crippen LogP contribution is -2.18. The number of aryl methyl sites for hydroxylation is 1. The fourth-order valence-corrected chi connectivity index (χ4v) is 3.27. The van der Waals surface area contributed by atoms with Crippen LogP contribution in [0.3, 0.4) is 0 Å². The van der Waals surface area contributed by atoms with E-state index in [0.717, 1.165) is 5.69 Å². The van der Waals surface area contributed by atoms with E-state index in [9.17, 15) is 9.59 Å². The summed E-state index contributed by atoms with van der Waals surface area (Å²) in [7, 11) is 1.58. The monoisotopic (exact) mass is 487 g/mol. The Morgan fingerprint density at radius 2 is 1.88 bits per heavy atom. The maximum absolute atomic E-state index is 12.9. The highest BCUT2D eigenvalue weighted by molar-refractivity contribution is 6.32. The Hall–Kier alpha value is -3.56. The Balaban J connectivity index is 1.88. The molecule has 1 atom stereocenters. The van der Waals surface area contributed by atoms with Gasteiger partial charge in [0.05, 0.1) is 23.8 Å². The second-order valence-corrected chi connectivity index (χ2v) is 7.84. The number of benzene rings is 2. The summed E-state index contributed by atoms with van der Waals surface area (Å²) in [5.74, 6) is 0.532. The van der Waals surface area contributed by atoms with Crippen LogP contribution in [0.25, 0.3) is 0 Å². The first-order valence-corrected chi connectivity index (χ1v) is 11.0. The van der Waals surface area contributed by atoms with Gasteiger partial charge in [-0.25, -0.2) is 4.79 Å². The van der Waals surface area contributed by atoms with Gasteiger partial charge in [-0.3, -0.25) is 9.89 Å². The Labute approximate surface area is 202 Å². The van der Waals surface area contributed by atoms with Gasteiger partial charge in [0.15, 0.2) is 5.82 Å². The van der Waals surface area contributed by atoms with Crippen molar-refractivity contribution in [3.63, 3.8) is 0 Å². The van der Waals surface area contributed by atoms with Gasteiger partial charge in [0.25, 0.3) is 5.91 Å². The van der Waals surface area contributed by atoms with Crippen molar-refractivity contribution in [2.24, 2.45) is 0 Å². The number of H-pyrrole nitrogens is 1. The van der Waals surface area contributed by atoms with Gasteiger partial charge >= 0.3 is 5.97 Å². The number of methoxy groups -OCH3 is 1. The molecule has 0 aliphatic heterocycles. The van der Waals surface area contributed by atoms with Crippen LogP contribution in [0.5, 0.6) is 17.2 Å². The Morgan fingerprint density at radius 3 is 2.53 bits per heavy atom. The van der Waals surface area contributed by atoms with Crippen LogP contribution >= 0.6 is 11.6 Å². The van der Waals surface area contributed by atoms with Crippen LogP contribution in [0.2, 0.25) is 5.02 Å². The van der Waals surface area contributed by atoms with Gasteiger partial charge in [0, 0.05) is 30.5 Å². The number of carbonyl (C=O) groups excluding carboxylic acids is 2. The molecular weight excluding hydrogens is 462 g/mol. The van der Waals surface area contributed by atoms with Gasteiger partial charge in [-0.15, -0.1) is 0 Å². The fraction of sp³-hybridized carbons (Fsp3) is 0.292. The molecule has 0 fully saturated rings. The van der Waals surface area contributed by atoms with E-state index < -0.39 is 11.9 Å². The largest absolute Gasteiger partial charge is 0.488 e. The first-order chi connectivity index (χ1) is 16.3. The Morgan fingerprint density at radius 1 is 1.12 bits per heavy atom. The van der Waals surface area contributed by atoms with E-state index in [4.69, 9.17) is 30.5 Å². The topological polar surface area (TPSA) is 112 Å². The average Bonchev–Trinajstić information content (AvgIpc) is 3.19. The molecule has 1 amide bonds. The predicted molar refractivity (Wildman–Crippen MR) is 127 cm³/mol. The van der Waals surface area contributed by atoms with Crippen molar-refractivity contribution in [3.05, 3.63) is 64.3 Å². The number of nitrogens with zero attached hydrogens (tertiary/aromatic N) is 1. The maximum atomic E-state index is 12.9. The third kappa shape index (κ3) is 6.72. The van der Waals surface area contributed by atoms with E-state index in [0.29, 0.717) is 35.2 Å². The van der Waals surface area contributed by atoms with Crippen molar-refractivity contribution < 1.29 is 28.5 Å². The molecule has 0 saturated heterocycles. The normalized spacial score (nSPS) is 11.6. The number of ether oxygens (including phenoxy) is 4. The van der Waals surface area contributed by atoms with Crippen LogP contribution in [0.4, 0.5) is 5.82 Å². The number of hydrogen-bond donors (Lipinski definition) is 2. The number of aromatic nitrogens is 2. The third-order valence-corrected chi connectivity index (χ3v) is 4.79. The van der Waals surface area contributed by atoms with Gasteiger partial charge in [-0.2, -0.15) is 5.10 Å². The van der Waals surface area contributed by atoms with Crippen LogP contribution in [0.1, 0.15) is 40.3 Å². The molecule has 0 aliphatic rings. The summed E-state index contributed by atoms with van der Waals surface area (Å²) in [6.45, 7) is 6.01. The molecule has 9 nitrogen and oxygen atoms in total. The molecule has 10 heteroatoms. The van der Waals surface area contributed by atoms with Gasteiger partial charge in [0.2, 0.25) is 0 Å². The van der Waals surface area contributed by atoms with Crippen LogP contribution in [-0.2, 0) is 9.47 Å². The molecule has 3 rings (SSSR count). The number of esters is 1. The third-order valence-electron chi connectivity index (χ3n) is 4.50. The zero-order valence-corrected chi connectivity index (χ0v) is 20.1. The molecule has 1 heterocycles. The fourth-order valence-electron chi connectivity index (χ4n) is 3.05. The molecule has 0 unspecified atom stereocenters. The van der Waals surface area contributed by atoms with E-state index in [1.807, 2.05) is 13.8 Å². The van der Waals surface area contributed by atoms with E-state index in [2.05, 4.69) is 15.5 Å². The number of amides is 1. The summed E-state index contributed by atoms with van der Waals surface area (Å²) in [5, 5.41) is 9.73. The summed E-state index contributed by atoms with van der Waals surface area (Å²) in [5.41, 5.74) is 1.40. The summed E-state index contributed by atoms with van der Waals surface area (Å²) in [6.07, 6.45) is -0.266. The minimum Gasteiger partial charge on any atom is -0.488 e. The Bertz CT molecular complexity index is 1160. The molecule has 34 heavy (non-hydrogen) atoms. The second kappa shape index (κ2) is 11.5. The van der Waals surface area contributed by atoms with Gasteiger partial charge in [-0.1, -0.05) is 11.6 Å².